The van der Waals surface area contributed by atoms with Crippen molar-refractivity contribution in [3.8, 4) is 0 Å². The number of rotatable bonds is 7. The lowest BCUT2D eigenvalue weighted by atomic mass is 10.1. The Morgan fingerprint density at radius 2 is 2.17 bits per heavy atom. The van der Waals surface area contributed by atoms with E-state index in [0.29, 0.717) is 12.5 Å². The quantitative estimate of drug-likeness (QED) is 0.598. The van der Waals surface area contributed by atoms with Crippen LogP contribution in [0.25, 0.3) is 0 Å². The second-order valence-electron chi connectivity index (χ2n) is 6.24. The van der Waals surface area contributed by atoms with Crippen LogP contribution in [0.1, 0.15) is 35.7 Å². The van der Waals surface area contributed by atoms with E-state index in [-0.39, 0.29) is 0 Å². The molecule has 0 spiro atoms. The second-order valence-corrected chi connectivity index (χ2v) is 7.27. The topological polar surface area (TPSA) is 54.2 Å². The summed E-state index contributed by atoms with van der Waals surface area (Å²) in [6, 6.07) is 4.32. The van der Waals surface area contributed by atoms with Gasteiger partial charge in [0.15, 0.2) is 5.96 Å². The minimum Gasteiger partial charge on any atom is -0.357 e. The SMILES string of the molecule is CCNC(=NCc1c(C)nn(C)c1C)NCC(C)Cc1cccs1. The van der Waals surface area contributed by atoms with E-state index >= 15 is 0 Å². The first kappa shape index (κ1) is 18.5. The summed E-state index contributed by atoms with van der Waals surface area (Å²) < 4.78 is 1.92. The average molecular weight is 348 g/mol. The third kappa shape index (κ3) is 5.09. The molecule has 24 heavy (non-hydrogen) atoms. The van der Waals surface area contributed by atoms with E-state index < -0.39 is 0 Å². The van der Waals surface area contributed by atoms with Gasteiger partial charge in [-0.2, -0.15) is 5.10 Å². The zero-order chi connectivity index (χ0) is 17.5. The van der Waals surface area contributed by atoms with Crippen molar-refractivity contribution in [1.29, 1.82) is 0 Å². The molecule has 132 valence electrons. The summed E-state index contributed by atoms with van der Waals surface area (Å²) in [4.78, 5) is 6.17. The van der Waals surface area contributed by atoms with Gasteiger partial charge in [-0.05, 0) is 44.6 Å². The molecule has 2 heterocycles. The van der Waals surface area contributed by atoms with Gasteiger partial charge in [0.05, 0.1) is 12.2 Å². The number of aliphatic imine (C=N–C) groups is 1. The third-order valence-corrected chi connectivity index (χ3v) is 5.04. The van der Waals surface area contributed by atoms with Crippen LogP contribution in [0.4, 0.5) is 0 Å². The number of aryl methyl sites for hydroxylation is 2. The van der Waals surface area contributed by atoms with Crippen molar-refractivity contribution >= 4 is 17.3 Å². The van der Waals surface area contributed by atoms with Gasteiger partial charge in [0, 0.05) is 36.3 Å². The van der Waals surface area contributed by atoms with E-state index in [2.05, 4.69) is 54.0 Å². The lowest BCUT2D eigenvalue weighted by Gasteiger charge is -2.15. The van der Waals surface area contributed by atoms with Crippen LogP contribution >= 0.6 is 11.3 Å². The van der Waals surface area contributed by atoms with Crippen LogP contribution in [0, 0.1) is 19.8 Å². The third-order valence-electron chi connectivity index (χ3n) is 4.15. The molecule has 0 saturated carbocycles. The Bertz CT molecular complexity index is 657. The molecule has 2 N–H and O–H groups in total. The van der Waals surface area contributed by atoms with E-state index in [0.717, 1.165) is 31.2 Å². The molecule has 0 radical (unpaired) electrons. The van der Waals surface area contributed by atoms with Crippen LogP contribution < -0.4 is 10.6 Å². The average Bonchev–Trinajstić information content (AvgIpc) is 3.12. The molecule has 0 aliphatic rings. The standard InChI is InChI=1S/C18H29N5S/c1-6-19-18(20-11-13(2)10-16-8-7-9-24-16)21-12-17-14(3)22-23(5)15(17)4/h7-9,13H,6,10-12H2,1-5H3,(H2,19,20,21). The number of nitrogens with one attached hydrogen (secondary N) is 2. The van der Waals surface area contributed by atoms with Crippen molar-refractivity contribution in [2.24, 2.45) is 18.0 Å². The Hall–Kier alpha value is -1.82. The van der Waals surface area contributed by atoms with E-state index in [9.17, 15) is 0 Å². The highest BCUT2D eigenvalue weighted by atomic mass is 32.1. The largest absolute Gasteiger partial charge is 0.357 e. The van der Waals surface area contributed by atoms with E-state index in [1.165, 1.54) is 16.1 Å². The monoisotopic (exact) mass is 347 g/mol. The number of thiophene rings is 1. The first-order valence-electron chi connectivity index (χ1n) is 8.54. The fourth-order valence-corrected chi connectivity index (χ4v) is 3.53. The number of aromatic nitrogens is 2. The van der Waals surface area contributed by atoms with Gasteiger partial charge < -0.3 is 10.6 Å². The summed E-state index contributed by atoms with van der Waals surface area (Å²) >= 11 is 1.83. The Labute approximate surface area is 149 Å². The lowest BCUT2D eigenvalue weighted by molar-refractivity contribution is 0.562. The number of guanidine groups is 1. The molecule has 0 bridgehead atoms. The maximum absolute atomic E-state index is 4.73. The molecule has 2 rings (SSSR count). The molecule has 0 aliphatic heterocycles. The smallest absolute Gasteiger partial charge is 0.191 e. The van der Waals surface area contributed by atoms with Crippen molar-refractivity contribution in [2.45, 2.75) is 40.7 Å². The maximum Gasteiger partial charge on any atom is 0.191 e. The molecule has 0 aliphatic carbocycles. The lowest BCUT2D eigenvalue weighted by Crippen LogP contribution is -2.39. The molecule has 0 saturated heterocycles. The van der Waals surface area contributed by atoms with Crippen LogP contribution in [0.2, 0.25) is 0 Å². The zero-order valence-electron chi connectivity index (χ0n) is 15.4. The van der Waals surface area contributed by atoms with Gasteiger partial charge >= 0.3 is 0 Å². The summed E-state index contributed by atoms with van der Waals surface area (Å²) in [6.45, 7) is 10.9. The van der Waals surface area contributed by atoms with Gasteiger partial charge in [0.25, 0.3) is 0 Å². The van der Waals surface area contributed by atoms with E-state index in [1.807, 2.05) is 30.0 Å². The number of hydrogen-bond donors (Lipinski definition) is 2. The Morgan fingerprint density at radius 1 is 1.38 bits per heavy atom. The summed E-state index contributed by atoms with van der Waals surface area (Å²) in [6.07, 6.45) is 1.10. The molecule has 1 atom stereocenters. The first-order valence-corrected chi connectivity index (χ1v) is 9.42. The molecule has 0 fully saturated rings. The minimum atomic E-state index is 0.564. The van der Waals surface area contributed by atoms with Crippen molar-refractivity contribution in [2.75, 3.05) is 13.1 Å². The maximum atomic E-state index is 4.73. The molecule has 1 unspecified atom stereocenters. The van der Waals surface area contributed by atoms with Gasteiger partial charge in [0.1, 0.15) is 0 Å². The highest BCUT2D eigenvalue weighted by Gasteiger charge is 2.10. The zero-order valence-corrected chi connectivity index (χ0v) is 16.2. The second kappa shape index (κ2) is 8.87. The predicted molar refractivity (Wildman–Crippen MR) is 103 cm³/mol. The first-order chi connectivity index (χ1) is 11.5. The summed E-state index contributed by atoms with van der Waals surface area (Å²) in [7, 11) is 1.98. The molecule has 5 nitrogen and oxygen atoms in total. The Morgan fingerprint density at radius 3 is 2.75 bits per heavy atom. The van der Waals surface area contributed by atoms with Crippen LogP contribution in [-0.4, -0.2) is 28.8 Å². The molecule has 0 aromatic carbocycles. The summed E-state index contributed by atoms with van der Waals surface area (Å²) in [5, 5.41) is 13.4. The minimum absolute atomic E-state index is 0.564. The number of nitrogens with zero attached hydrogens (tertiary/aromatic N) is 3. The van der Waals surface area contributed by atoms with Gasteiger partial charge in [0.2, 0.25) is 0 Å². The van der Waals surface area contributed by atoms with E-state index in [4.69, 9.17) is 4.99 Å². The highest BCUT2D eigenvalue weighted by Crippen LogP contribution is 2.14. The Balaban J connectivity index is 1.92. The van der Waals surface area contributed by atoms with Crippen molar-refractivity contribution in [1.82, 2.24) is 20.4 Å². The van der Waals surface area contributed by atoms with Crippen LogP contribution in [-0.2, 0) is 20.0 Å². The van der Waals surface area contributed by atoms with Gasteiger partial charge in [-0.15, -0.1) is 11.3 Å². The molecular formula is C18H29N5S. The van der Waals surface area contributed by atoms with Crippen molar-refractivity contribution in [3.05, 3.63) is 39.3 Å². The van der Waals surface area contributed by atoms with Gasteiger partial charge in [-0.3, -0.25) is 4.68 Å². The molecule has 6 heteroatoms. The fraction of sp³-hybridized carbons (Fsp3) is 0.556. The van der Waals surface area contributed by atoms with Crippen molar-refractivity contribution in [3.63, 3.8) is 0 Å². The van der Waals surface area contributed by atoms with Gasteiger partial charge in [-0.1, -0.05) is 13.0 Å². The summed E-state index contributed by atoms with van der Waals surface area (Å²) in [5.74, 6) is 1.44. The van der Waals surface area contributed by atoms with Crippen LogP contribution in [0.15, 0.2) is 22.5 Å². The van der Waals surface area contributed by atoms with Crippen LogP contribution in [0.3, 0.4) is 0 Å². The fourth-order valence-electron chi connectivity index (χ4n) is 2.66. The molecule has 2 aromatic heterocycles. The van der Waals surface area contributed by atoms with Crippen molar-refractivity contribution < 1.29 is 0 Å². The number of hydrogen-bond acceptors (Lipinski definition) is 3. The van der Waals surface area contributed by atoms with E-state index in [1.54, 1.807) is 0 Å². The van der Waals surface area contributed by atoms with Crippen LogP contribution in [0.5, 0.6) is 0 Å². The molecule has 0 amide bonds. The predicted octanol–water partition coefficient (Wildman–Crippen LogP) is 3.03. The molecule has 2 aromatic rings. The highest BCUT2D eigenvalue weighted by molar-refractivity contribution is 7.09. The van der Waals surface area contributed by atoms with Gasteiger partial charge in [-0.25, -0.2) is 4.99 Å². The summed E-state index contributed by atoms with van der Waals surface area (Å²) in [5.41, 5.74) is 3.44. The molecular weight excluding hydrogens is 318 g/mol. The Kier molecular flexibility index (Phi) is 6.85. The normalized spacial score (nSPS) is 13.1.